The molecule has 0 aliphatic carbocycles. The normalized spacial score (nSPS) is 11.3. The summed E-state index contributed by atoms with van der Waals surface area (Å²) in [5, 5.41) is 6.23. The molecule has 1 N–H and O–H groups in total. The summed E-state index contributed by atoms with van der Waals surface area (Å²) in [6.45, 7) is 0.715. The monoisotopic (exact) mass is 334 g/mol. The maximum Gasteiger partial charge on any atom is 0.177 e. The van der Waals surface area contributed by atoms with E-state index in [1.807, 2.05) is 40.3 Å². The van der Waals surface area contributed by atoms with Gasteiger partial charge >= 0.3 is 0 Å². The molecule has 0 unspecified atom stereocenters. The van der Waals surface area contributed by atoms with Crippen molar-refractivity contribution >= 4 is 34.5 Å². The van der Waals surface area contributed by atoms with Gasteiger partial charge in [-0.15, -0.1) is 11.3 Å². The smallest absolute Gasteiger partial charge is 0.177 e. The van der Waals surface area contributed by atoms with E-state index in [0.29, 0.717) is 17.9 Å². The average molecular weight is 334 g/mol. The molecule has 0 radical (unpaired) electrons. The van der Waals surface area contributed by atoms with Crippen molar-refractivity contribution in [1.29, 1.82) is 0 Å². The quantitative estimate of drug-likeness (QED) is 0.449. The highest BCUT2D eigenvalue weighted by Gasteiger charge is 2.09. The summed E-state index contributed by atoms with van der Waals surface area (Å²) in [5.41, 5.74) is 5.63. The first kappa shape index (κ1) is 14.5. The van der Waals surface area contributed by atoms with Crippen LogP contribution in [0.25, 0.3) is 11.2 Å². The van der Waals surface area contributed by atoms with Crippen LogP contribution in [0.15, 0.2) is 65.6 Å². The molecular formula is C17H14N6S. The van der Waals surface area contributed by atoms with Gasteiger partial charge < -0.3 is 4.57 Å². The van der Waals surface area contributed by atoms with E-state index in [0.717, 1.165) is 10.5 Å². The minimum Gasteiger partial charge on any atom is -0.311 e. The summed E-state index contributed by atoms with van der Waals surface area (Å²) in [7, 11) is 0. The Labute approximate surface area is 142 Å². The van der Waals surface area contributed by atoms with E-state index in [4.69, 9.17) is 0 Å². The van der Waals surface area contributed by atoms with Crippen molar-refractivity contribution in [1.82, 2.24) is 19.5 Å². The third-order valence-corrected chi connectivity index (χ3v) is 4.31. The fraction of sp³-hybridized carbons (Fsp3) is 0.0588. The minimum atomic E-state index is 0.597. The number of fused-ring (bicyclic) bond motifs is 1. The van der Waals surface area contributed by atoms with Crippen LogP contribution in [0.4, 0.5) is 5.82 Å². The molecule has 3 aromatic heterocycles. The molecule has 3 heterocycles. The van der Waals surface area contributed by atoms with Crippen molar-refractivity contribution < 1.29 is 0 Å². The molecule has 0 amide bonds. The molecule has 0 aliphatic heterocycles. The van der Waals surface area contributed by atoms with Crippen LogP contribution in [-0.4, -0.2) is 25.7 Å². The Balaban J connectivity index is 1.59. The highest BCUT2D eigenvalue weighted by Crippen LogP contribution is 2.18. The SMILES string of the molecule is C(=NNc1ncnc2c1ncn2Cc1ccccc1)c1cccs1. The Kier molecular flexibility index (Phi) is 3.99. The molecule has 0 aliphatic rings. The highest BCUT2D eigenvalue weighted by atomic mass is 32.1. The number of nitrogens with one attached hydrogen (secondary N) is 1. The summed E-state index contributed by atoms with van der Waals surface area (Å²) in [4.78, 5) is 14.1. The van der Waals surface area contributed by atoms with Gasteiger partial charge in [-0.25, -0.2) is 15.0 Å². The molecule has 4 aromatic rings. The number of hydrogen-bond donors (Lipinski definition) is 1. The van der Waals surface area contributed by atoms with Crippen molar-refractivity contribution in [2.24, 2.45) is 5.10 Å². The minimum absolute atomic E-state index is 0.597. The van der Waals surface area contributed by atoms with Crippen LogP contribution in [0, 0.1) is 0 Å². The molecule has 0 saturated heterocycles. The number of hydrogen-bond acceptors (Lipinski definition) is 6. The lowest BCUT2D eigenvalue weighted by molar-refractivity contribution is 0.813. The number of imidazole rings is 1. The van der Waals surface area contributed by atoms with Crippen molar-refractivity contribution in [2.75, 3.05) is 5.43 Å². The number of rotatable bonds is 5. The number of anilines is 1. The van der Waals surface area contributed by atoms with Gasteiger partial charge in [0.15, 0.2) is 17.0 Å². The summed E-state index contributed by atoms with van der Waals surface area (Å²) >= 11 is 1.63. The van der Waals surface area contributed by atoms with Crippen LogP contribution < -0.4 is 5.43 Å². The Morgan fingerprint density at radius 3 is 2.83 bits per heavy atom. The van der Waals surface area contributed by atoms with Gasteiger partial charge in [-0.05, 0) is 17.0 Å². The lowest BCUT2D eigenvalue weighted by Crippen LogP contribution is -2.00. The first-order valence-electron chi connectivity index (χ1n) is 7.42. The van der Waals surface area contributed by atoms with Gasteiger partial charge in [0.25, 0.3) is 0 Å². The van der Waals surface area contributed by atoms with Crippen LogP contribution in [0.1, 0.15) is 10.4 Å². The van der Waals surface area contributed by atoms with E-state index in [1.165, 1.54) is 11.9 Å². The molecule has 7 heteroatoms. The summed E-state index contributed by atoms with van der Waals surface area (Å²) in [5.74, 6) is 0.597. The van der Waals surface area contributed by atoms with E-state index in [2.05, 4.69) is 37.6 Å². The van der Waals surface area contributed by atoms with Gasteiger partial charge in [0.1, 0.15) is 6.33 Å². The van der Waals surface area contributed by atoms with Gasteiger partial charge in [0.2, 0.25) is 0 Å². The van der Waals surface area contributed by atoms with E-state index in [9.17, 15) is 0 Å². The summed E-state index contributed by atoms with van der Waals surface area (Å²) in [6, 6.07) is 14.2. The second-order valence-electron chi connectivity index (χ2n) is 5.14. The predicted molar refractivity (Wildman–Crippen MR) is 96.4 cm³/mol. The summed E-state index contributed by atoms with van der Waals surface area (Å²) < 4.78 is 2.00. The van der Waals surface area contributed by atoms with Gasteiger partial charge in [-0.2, -0.15) is 5.10 Å². The lowest BCUT2D eigenvalue weighted by Gasteiger charge is -2.04. The topological polar surface area (TPSA) is 68.0 Å². The first-order valence-corrected chi connectivity index (χ1v) is 8.30. The Hall–Kier alpha value is -3.06. The predicted octanol–water partition coefficient (Wildman–Crippen LogP) is 3.38. The molecule has 118 valence electrons. The third-order valence-electron chi connectivity index (χ3n) is 3.50. The Morgan fingerprint density at radius 1 is 1.08 bits per heavy atom. The van der Waals surface area contributed by atoms with E-state index in [1.54, 1.807) is 23.9 Å². The van der Waals surface area contributed by atoms with Crippen molar-refractivity contribution in [2.45, 2.75) is 6.54 Å². The fourth-order valence-electron chi connectivity index (χ4n) is 2.38. The van der Waals surface area contributed by atoms with E-state index < -0.39 is 0 Å². The number of thiophene rings is 1. The van der Waals surface area contributed by atoms with E-state index in [-0.39, 0.29) is 0 Å². The zero-order valence-electron chi connectivity index (χ0n) is 12.7. The first-order chi connectivity index (χ1) is 11.9. The maximum absolute atomic E-state index is 4.43. The third kappa shape index (κ3) is 3.02. The molecule has 0 spiro atoms. The van der Waals surface area contributed by atoms with Crippen LogP contribution in [0.2, 0.25) is 0 Å². The second-order valence-corrected chi connectivity index (χ2v) is 6.12. The van der Waals surface area contributed by atoms with Gasteiger partial charge in [0.05, 0.1) is 19.1 Å². The van der Waals surface area contributed by atoms with Gasteiger partial charge in [-0.3, -0.25) is 5.43 Å². The largest absolute Gasteiger partial charge is 0.311 e. The average Bonchev–Trinajstić information content (AvgIpc) is 3.27. The number of nitrogens with zero attached hydrogens (tertiary/aromatic N) is 5. The number of aromatic nitrogens is 4. The zero-order chi connectivity index (χ0) is 16.2. The lowest BCUT2D eigenvalue weighted by atomic mass is 10.2. The molecule has 24 heavy (non-hydrogen) atoms. The number of benzene rings is 1. The van der Waals surface area contributed by atoms with Crippen molar-refractivity contribution in [3.63, 3.8) is 0 Å². The molecular weight excluding hydrogens is 320 g/mol. The van der Waals surface area contributed by atoms with Crippen LogP contribution in [0.5, 0.6) is 0 Å². The maximum atomic E-state index is 4.43. The highest BCUT2D eigenvalue weighted by molar-refractivity contribution is 7.11. The molecule has 6 nitrogen and oxygen atoms in total. The summed E-state index contributed by atoms with van der Waals surface area (Å²) in [6.07, 6.45) is 5.06. The molecule has 4 rings (SSSR count). The molecule has 0 bridgehead atoms. The molecule has 0 atom stereocenters. The number of hydrazone groups is 1. The van der Waals surface area contributed by atoms with E-state index >= 15 is 0 Å². The molecule has 0 saturated carbocycles. The Morgan fingerprint density at radius 2 is 2.00 bits per heavy atom. The second kappa shape index (κ2) is 6.59. The molecule has 1 aromatic carbocycles. The zero-order valence-corrected chi connectivity index (χ0v) is 13.5. The van der Waals surface area contributed by atoms with Gasteiger partial charge in [-0.1, -0.05) is 36.4 Å². The fourth-order valence-corrected chi connectivity index (χ4v) is 2.97. The Bertz CT molecular complexity index is 959. The van der Waals surface area contributed by atoms with Crippen LogP contribution in [-0.2, 0) is 6.54 Å². The van der Waals surface area contributed by atoms with Crippen LogP contribution >= 0.6 is 11.3 Å². The van der Waals surface area contributed by atoms with Crippen molar-refractivity contribution in [3.8, 4) is 0 Å². The van der Waals surface area contributed by atoms with Crippen molar-refractivity contribution in [3.05, 3.63) is 70.9 Å². The standard InChI is InChI=1S/C17H14N6S/c1-2-5-13(6-3-1)10-23-12-20-15-16(18-11-19-17(15)23)22-21-9-14-7-4-8-24-14/h1-9,11-12H,10H2,(H,18,19,22). The van der Waals surface area contributed by atoms with Gasteiger partial charge in [0, 0.05) is 4.88 Å². The van der Waals surface area contributed by atoms with Crippen LogP contribution in [0.3, 0.4) is 0 Å². The molecule has 0 fully saturated rings.